The number of hydrogen-bond donors (Lipinski definition) is 2. The zero-order valence-electron chi connectivity index (χ0n) is 18.9. The number of carbonyl (C=O) groups is 3. The molecule has 2 aromatic carbocycles. The summed E-state index contributed by atoms with van der Waals surface area (Å²) < 4.78 is 0. The fourth-order valence-electron chi connectivity index (χ4n) is 4.82. The lowest BCUT2D eigenvalue weighted by Gasteiger charge is -2.31. The van der Waals surface area contributed by atoms with Gasteiger partial charge in [0.25, 0.3) is 0 Å². The molecular formula is C26H32N4O3. The standard InChI is InChI=1S/C26H32N4O3/c27-25(32)21-8-4-14-29(18-21)17-20-10-12-22(13-11-20)28-26(33)23-9-5-15-30(23)24(31)16-19-6-2-1-3-7-19/h1-3,6-7,10-13,21,23H,4-5,8-9,14-18H2,(H2,27,32)(H,28,33). The highest BCUT2D eigenvalue weighted by molar-refractivity contribution is 5.97. The average molecular weight is 449 g/mol. The summed E-state index contributed by atoms with van der Waals surface area (Å²) in [5.74, 6) is -0.441. The number of rotatable bonds is 7. The van der Waals surface area contributed by atoms with Gasteiger partial charge in [0.2, 0.25) is 17.7 Å². The second-order valence-corrected chi connectivity index (χ2v) is 9.07. The van der Waals surface area contributed by atoms with Gasteiger partial charge in [-0.1, -0.05) is 42.5 Å². The van der Waals surface area contributed by atoms with Crippen molar-refractivity contribution in [2.24, 2.45) is 11.7 Å². The number of hydrogen-bond acceptors (Lipinski definition) is 4. The van der Waals surface area contributed by atoms with E-state index in [1.807, 2.05) is 54.6 Å². The zero-order chi connectivity index (χ0) is 23.2. The van der Waals surface area contributed by atoms with Crippen molar-refractivity contribution in [1.29, 1.82) is 0 Å². The molecule has 2 aromatic rings. The number of anilines is 1. The third kappa shape index (κ3) is 5.99. The molecule has 0 saturated carbocycles. The van der Waals surface area contributed by atoms with Crippen molar-refractivity contribution in [2.45, 2.75) is 44.7 Å². The minimum atomic E-state index is -0.431. The molecule has 33 heavy (non-hydrogen) atoms. The fraction of sp³-hybridized carbons (Fsp3) is 0.423. The smallest absolute Gasteiger partial charge is 0.247 e. The van der Waals surface area contributed by atoms with Gasteiger partial charge in [-0.15, -0.1) is 0 Å². The second kappa shape index (κ2) is 10.6. The molecule has 0 aliphatic carbocycles. The van der Waals surface area contributed by atoms with Gasteiger partial charge < -0.3 is 16.0 Å². The van der Waals surface area contributed by atoms with E-state index in [0.717, 1.165) is 49.2 Å². The van der Waals surface area contributed by atoms with Gasteiger partial charge in [0.1, 0.15) is 6.04 Å². The van der Waals surface area contributed by atoms with Gasteiger partial charge in [0, 0.05) is 25.3 Å². The summed E-state index contributed by atoms with van der Waals surface area (Å²) >= 11 is 0. The molecule has 7 nitrogen and oxygen atoms in total. The summed E-state index contributed by atoms with van der Waals surface area (Å²) in [4.78, 5) is 41.2. The number of amides is 3. The topological polar surface area (TPSA) is 95.7 Å². The molecule has 2 aliphatic heterocycles. The second-order valence-electron chi connectivity index (χ2n) is 9.07. The Morgan fingerprint density at radius 1 is 0.909 bits per heavy atom. The quantitative estimate of drug-likeness (QED) is 0.681. The molecule has 2 saturated heterocycles. The lowest BCUT2D eigenvalue weighted by molar-refractivity contribution is -0.136. The first kappa shape index (κ1) is 23.0. The van der Waals surface area contributed by atoms with E-state index in [2.05, 4.69) is 10.2 Å². The van der Waals surface area contributed by atoms with Crippen molar-refractivity contribution in [3.63, 3.8) is 0 Å². The van der Waals surface area contributed by atoms with E-state index in [4.69, 9.17) is 5.73 Å². The number of nitrogens with two attached hydrogens (primary N) is 1. The van der Waals surface area contributed by atoms with Gasteiger partial charge in [-0.3, -0.25) is 19.3 Å². The Kier molecular flexibility index (Phi) is 7.40. The molecular weight excluding hydrogens is 416 g/mol. The van der Waals surface area contributed by atoms with E-state index < -0.39 is 6.04 Å². The minimum Gasteiger partial charge on any atom is -0.369 e. The molecule has 2 heterocycles. The summed E-state index contributed by atoms with van der Waals surface area (Å²) in [5, 5.41) is 2.98. The van der Waals surface area contributed by atoms with E-state index in [0.29, 0.717) is 25.9 Å². The number of nitrogens with one attached hydrogen (secondary N) is 1. The van der Waals surface area contributed by atoms with Gasteiger partial charge in [0.15, 0.2) is 0 Å². The first-order valence-electron chi connectivity index (χ1n) is 11.7. The SMILES string of the molecule is NC(=O)C1CCCN(Cc2ccc(NC(=O)C3CCCN3C(=O)Cc3ccccc3)cc2)C1. The van der Waals surface area contributed by atoms with Crippen molar-refractivity contribution >= 4 is 23.4 Å². The third-order valence-electron chi connectivity index (χ3n) is 6.61. The van der Waals surface area contributed by atoms with Crippen LogP contribution in [0.4, 0.5) is 5.69 Å². The number of likely N-dealkylation sites (tertiary alicyclic amines) is 2. The van der Waals surface area contributed by atoms with Crippen LogP contribution < -0.4 is 11.1 Å². The van der Waals surface area contributed by atoms with E-state index in [-0.39, 0.29) is 23.6 Å². The highest BCUT2D eigenvalue weighted by atomic mass is 16.2. The van der Waals surface area contributed by atoms with Gasteiger partial charge in [-0.2, -0.15) is 0 Å². The van der Waals surface area contributed by atoms with Crippen LogP contribution in [0.3, 0.4) is 0 Å². The van der Waals surface area contributed by atoms with E-state index in [1.54, 1.807) is 4.90 Å². The molecule has 0 bridgehead atoms. The predicted molar refractivity (Wildman–Crippen MR) is 127 cm³/mol. The maximum Gasteiger partial charge on any atom is 0.247 e. The molecule has 2 aliphatic rings. The molecule has 7 heteroatoms. The van der Waals surface area contributed by atoms with Crippen LogP contribution in [-0.4, -0.2) is 53.2 Å². The number of benzene rings is 2. The first-order chi connectivity index (χ1) is 16.0. The minimum absolute atomic E-state index is 0.00926. The molecule has 3 N–H and O–H groups in total. The van der Waals surface area contributed by atoms with Crippen molar-refractivity contribution < 1.29 is 14.4 Å². The number of primary amides is 1. The molecule has 2 atom stereocenters. The molecule has 4 rings (SSSR count). The Morgan fingerprint density at radius 3 is 2.36 bits per heavy atom. The number of piperidine rings is 1. The lowest BCUT2D eigenvalue weighted by Crippen LogP contribution is -2.43. The molecule has 3 amide bonds. The van der Waals surface area contributed by atoms with Crippen molar-refractivity contribution in [1.82, 2.24) is 9.80 Å². The molecule has 0 radical (unpaired) electrons. The summed E-state index contributed by atoms with van der Waals surface area (Å²) in [6.07, 6.45) is 3.66. The monoisotopic (exact) mass is 448 g/mol. The number of carbonyl (C=O) groups excluding carboxylic acids is 3. The molecule has 2 unspecified atom stereocenters. The zero-order valence-corrected chi connectivity index (χ0v) is 18.9. The van der Waals surface area contributed by atoms with Gasteiger partial charge in [-0.05, 0) is 55.5 Å². The maximum atomic E-state index is 12.9. The van der Waals surface area contributed by atoms with E-state index in [9.17, 15) is 14.4 Å². The van der Waals surface area contributed by atoms with Crippen molar-refractivity contribution in [3.8, 4) is 0 Å². The third-order valence-corrected chi connectivity index (χ3v) is 6.61. The molecule has 0 aromatic heterocycles. The summed E-state index contributed by atoms with van der Waals surface area (Å²) in [5.41, 5.74) is 8.28. The van der Waals surface area contributed by atoms with Crippen molar-refractivity contribution in [3.05, 3.63) is 65.7 Å². The largest absolute Gasteiger partial charge is 0.369 e. The number of nitrogens with zero attached hydrogens (tertiary/aromatic N) is 2. The Bertz CT molecular complexity index is 977. The van der Waals surface area contributed by atoms with Gasteiger partial charge in [-0.25, -0.2) is 0 Å². The highest BCUT2D eigenvalue weighted by Gasteiger charge is 2.34. The van der Waals surface area contributed by atoms with Crippen LogP contribution in [0.1, 0.15) is 36.8 Å². The average Bonchev–Trinajstić information content (AvgIpc) is 3.32. The van der Waals surface area contributed by atoms with Crippen LogP contribution >= 0.6 is 0 Å². The van der Waals surface area contributed by atoms with Crippen molar-refractivity contribution in [2.75, 3.05) is 25.0 Å². The molecule has 0 spiro atoms. The first-order valence-corrected chi connectivity index (χ1v) is 11.7. The summed E-state index contributed by atoms with van der Waals surface area (Å²) in [6, 6.07) is 17.0. The Morgan fingerprint density at radius 2 is 1.64 bits per heavy atom. The Hall–Kier alpha value is -3.19. The fourth-order valence-corrected chi connectivity index (χ4v) is 4.82. The normalized spacial score (nSPS) is 21.0. The molecule has 2 fully saturated rings. The summed E-state index contributed by atoms with van der Waals surface area (Å²) in [7, 11) is 0. The van der Waals surface area contributed by atoms with Crippen LogP contribution in [0.25, 0.3) is 0 Å². The van der Waals surface area contributed by atoms with Gasteiger partial charge >= 0.3 is 0 Å². The van der Waals surface area contributed by atoms with E-state index >= 15 is 0 Å². The van der Waals surface area contributed by atoms with Crippen LogP contribution in [-0.2, 0) is 27.3 Å². The van der Waals surface area contributed by atoms with Crippen LogP contribution in [0.2, 0.25) is 0 Å². The van der Waals surface area contributed by atoms with Crippen LogP contribution in [0, 0.1) is 5.92 Å². The predicted octanol–water partition coefficient (Wildman–Crippen LogP) is 2.56. The Labute approximate surface area is 194 Å². The highest BCUT2D eigenvalue weighted by Crippen LogP contribution is 2.22. The Balaban J connectivity index is 1.31. The maximum absolute atomic E-state index is 12.9. The van der Waals surface area contributed by atoms with E-state index in [1.165, 1.54) is 0 Å². The van der Waals surface area contributed by atoms with Crippen LogP contribution in [0.5, 0.6) is 0 Å². The summed E-state index contributed by atoms with van der Waals surface area (Å²) in [6.45, 7) is 3.02. The van der Waals surface area contributed by atoms with Gasteiger partial charge in [0.05, 0.1) is 12.3 Å². The van der Waals surface area contributed by atoms with Crippen LogP contribution in [0.15, 0.2) is 54.6 Å². The molecule has 174 valence electrons. The lowest BCUT2D eigenvalue weighted by atomic mass is 9.97.